The molecule has 0 unspecified atom stereocenters. The van der Waals surface area contributed by atoms with Gasteiger partial charge in [0.25, 0.3) is 5.56 Å². The zero-order valence-corrected chi connectivity index (χ0v) is 19.8. The summed E-state index contributed by atoms with van der Waals surface area (Å²) >= 11 is 4.88. The Hall–Kier alpha value is -2.71. The van der Waals surface area contributed by atoms with Gasteiger partial charge in [0.15, 0.2) is 0 Å². The van der Waals surface area contributed by atoms with E-state index in [0.717, 1.165) is 32.4 Å². The molecule has 0 amide bonds. The summed E-state index contributed by atoms with van der Waals surface area (Å²) in [5.41, 5.74) is 0.777. The highest BCUT2D eigenvalue weighted by Crippen LogP contribution is 2.37. The highest BCUT2D eigenvalue weighted by Gasteiger charge is 2.19. The van der Waals surface area contributed by atoms with Gasteiger partial charge in [-0.25, -0.2) is 4.98 Å². The third-order valence-corrected chi connectivity index (χ3v) is 6.57. The second-order valence-electron chi connectivity index (χ2n) is 7.13. The zero-order chi connectivity index (χ0) is 22.1. The number of benzene rings is 2. The first-order valence-corrected chi connectivity index (χ1v) is 11.5. The maximum Gasteiger partial charge on any atom is 0.308 e. The molecule has 31 heavy (non-hydrogen) atoms. The first kappa shape index (κ1) is 21.5. The molecular formula is C23H21BrN2O4S. The van der Waals surface area contributed by atoms with Gasteiger partial charge in [-0.3, -0.25) is 14.2 Å². The Kier molecular flexibility index (Phi) is 6.11. The van der Waals surface area contributed by atoms with Crippen LogP contribution in [0.25, 0.3) is 20.3 Å². The van der Waals surface area contributed by atoms with E-state index in [1.54, 1.807) is 23.8 Å². The van der Waals surface area contributed by atoms with Gasteiger partial charge in [0.2, 0.25) is 0 Å². The Bertz CT molecular complexity index is 1360. The summed E-state index contributed by atoms with van der Waals surface area (Å²) in [6.07, 6.45) is 1.53. The molecule has 0 saturated carbocycles. The summed E-state index contributed by atoms with van der Waals surface area (Å²) in [4.78, 5) is 30.7. The normalized spacial score (nSPS) is 11.2. The molecule has 0 atom stereocenters. The van der Waals surface area contributed by atoms with Crippen LogP contribution < -0.4 is 15.0 Å². The highest BCUT2D eigenvalue weighted by atomic mass is 79.9. The molecule has 0 spiro atoms. The lowest BCUT2D eigenvalue weighted by Gasteiger charge is -2.14. The van der Waals surface area contributed by atoms with Gasteiger partial charge in [-0.2, -0.15) is 0 Å². The third-order valence-electron chi connectivity index (χ3n) is 4.96. The standard InChI is InChI=1S/C23H21BrN2O4S/c1-4-6-19-25-22-20(16-7-5-8-18(21(16)31-22)30-13(2)27)23(28)26(19)12-14-11-15(24)9-10-17(14)29-3/h5,7-11H,4,6,12H2,1-3H3. The van der Waals surface area contributed by atoms with E-state index < -0.39 is 5.97 Å². The predicted molar refractivity (Wildman–Crippen MR) is 126 cm³/mol. The quantitative estimate of drug-likeness (QED) is 0.265. The molecule has 0 bridgehead atoms. The van der Waals surface area contributed by atoms with Crippen LogP contribution in [0.3, 0.4) is 0 Å². The van der Waals surface area contributed by atoms with Crippen LogP contribution in [0.5, 0.6) is 11.5 Å². The topological polar surface area (TPSA) is 70.4 Å². The smallest absolute Gasteiger partial charge is 0.308 e. The molecule has 0 aliphatic carbocycles. The number of hydrogen-bond acceptors (Lipinski definition) is 6. The fourth-order valence-electron chi connectivity index (χ4n) is 3.65. The van der Waals surface area contributed by atoms with Gasteiger partial charge in [0.1, 0.15) is 22.2 Å². The molecule has 160 valence electrons. The largest absolute Gasteiger partial charge is 0.496 e. The second-order valence-corrected chi connectivity index (χ2v) is 9.05. The lowest BCUT2D eigenvalue weighted by molar-refractivity contribution is -0.131. The number of nitrogens with zero attached hydrogens (tertiary/aromatic N) is 2. The number of aromatic nitrogens is 2. The molecule has 2 aromatic heterocycles. The molecule has 0 aliphatic heterocycles. The van der Waals surface area contributed by atoms with E-state index in [0.29, 0.717) is 34.7 Å². The van der Waals surface area contributed by atoms with Crippen molar-refractivity contribution in [2.45, 2.75) is 33.2 Å². The zero-order valence-electron chi connectivity index (χ0n) is 17.4. The monoisotopic (exact) mass is 500 g/mol. The van der Waals surface area contributed by atoms with E-state index >= 15 is 0 Å². The molecule has 0 radical (unpaired) electrons. The van der Waals surface area contributed by atoms with Crippen molar-refractivity contribution in [3.05, 3.63) is 62.6 Å². The van der Waals surface area contributed by atoms with Gasteiger partial charge >= 0.3 is 5.97 Å². The van der Waals surface area contributed by atoms with Crippen LogP contribution in [0.4, 0.5) is 0 Å². The number of carbonyl (C=O) groups excluding carboxylic acids is 1. The van der Waals surface area contributed by atoms with Crippen LogP contribution in [-0.4, -0.2) is 22.6 Å². The SMILES string of the molecule is CCCc1nc2sc3c(OC(C)=O)cccc3c2c(=O)n1Cc1cc(Br)ccc1OC. The molecule has 2 heterocycles. The minimum atomic E-state index is -0.399. The van der Waals surface area contributed by atoms with Gasteiger partial charge in [-0.15, -0.1) is 11.3 Å². The first-order valence-electron chi connectivity index (χ1n) is 9.88. The molecular weight excluding hydrogens is 480 g/mol. The Morgan fingerprint density at radius 1 is 1.23 bits per heavy atom. The summed E-state index contributed by atoms with van der Waals surface area (Å²) in [5, 5.41) is 1.29. The highest BCUT2D eigenvalue weighted by molar-refractivity contribution is 9.10. The molecule has 0 fully saturated rings. The average Bonchev–Trinajstić information content (AvgIpc) is 3.10. The lowest BCUT2D eigenvalue weighted by Crippen LogP contribution is -2.25. The molecule has 6 nitrogen and oxygen atoms in total. The van der Waals surface area contributed by atoms with Gasteiger partial charge < -0.3 is 9.47 Å². The number of rotatable bonds is 6. The van der Waals surface area contributed by atoms with Crippen molar-refractivity contribution in [3.63, 3.8) is 0 Å². The predicted octanol–water partition coefficient (Wildman–Crippen LogP) is 5.31. The lowest BCUT2D eigenvalue weighted by atomic mass is 10.1. The van der Waals surface area contributed by atoms with Crippen molar-refractivity contribution in [1.82, 2.24) is 9.55 Å². The maximum absolute atomic E-state index is 13.7. The van der Waals surface area contributed by atoms with Crippen molar-refractivity contribution in [3.8, 4) is 11.5 Å². The summed E-state index contributed by atoms with van der Waals surface area (Å²) in [5.74, 6) is 1.49. The van der Waals surface area contributed by atoms with Crippen LogP contribution >= 0.6 is 27.3 Å². The van der Waals surface area contributed by atoms with Crippen molar-refractivity contribution in [1.29, 1.82) is 0 Å². The molecule has 2 aromatic carbocycles. The fraction of sp³-hybridized carbons (Fsp3) is 0.261. The number of thiophene rings is 1. The summed E-state index contributed by atoms with van der Waals surface area (Å²) < 4.78 is 14.2. The van der Waals surface area contributed by atoms with E-state index in [4.69, 9.17) is 14.5 Å². The van der Waals surface area contributed by atoms with Crippen molar-refractivity contribution in [2.75, 3.05) is 7.11 Å². The maximum atomic E-state index is 13.7. The third kappa shape index (κ3) is 4.09. The van der Waals surface area contributed by atoms with E-state index in [2.05, 4.69) is 22.9 Å². The number of carbonyl (C=O) groups is 1. The van der Waals surface area contributed by atoms with E-state index in [1.165, 1.54) is 18.3 Å². The van der Waals surface area contributed by atoms with Crippen molar-refractivity contribution < 1.29 is 14.3 Å². The summed E-state index contributed by atoms with van der Waals surface area (Å²) in [6.45, 7) is 3.77. The first-order chi connectivity index (χ1) is 14.9. The molecule has 4 aromatic rings. The minimum Gasteiger partial charge on any atom is -0.496 e. The Morgan fingerprint density at radius 2 is 2.03 bits per heavy atom. The van der Waals surface area contributed by atoms with Gasteiger partial charge in [-0.05, 0) is 30.7 Å². The number of fused-ring (bicyclic) bond motifs is 3. The minimum absolute atomic E-state index is 0.110. The molecule has 0 saturated heterocycles. The second kappa shape index (κ2) is 8.80. The Morgan fingerprint density at radius 3 is 2.74 bits per heavy atom. The Labute approximate surface area is 191 Å². The van der Waals surface area contributed by atoms with Crippen LogP contribution in [0, 0.1) is 0 Å². The Balaban J connectivity index is 1.97. The molecule has 0 aliphatic rings. The summed E-state index contributed by atoms with van der Waals surface area (Å²) in [7, 11) is 1.62. The van der Waals surface area contributed by atoms with E-state index in [9.17, 15) is 9.59 Å². The number of ether oxygens (including phenoxy) is 2. The van der Waals surface area contributed by atoms with Crippen LogP contribution in [-0.2, 0) is 17.8 Å². The van der Waals surface area contributed by atoms with Crippen LogP contribution in [0.15, 0.2) is 45.7 Å². The number of hydrogen-bond donors (Lipinski definition) is 0. The number of halogens is 1. The van der Waals surface area contributed by atoms with E-state index in [1.807, 2.05) is 24.3 Å². The number of esters is 1. The van der Waals surface area contributed by atoms with E-state index in [-0.39, 0.29) is 5.56 Å². The average molecular weight is 501 g/mol. The molecule has 4 rings (SSSR count). The number of methoxy groups -OCH3 is 1. The fourth-order valence-corrected chi connectivity index (χ4v) is 5.19. The van der Waals surface area contributed by atoms with Crippen molar-refractivity contribution in [2.24, 2.45) is 0 Å². The van der Waals surface area contributed by atoms with Crippen LogP contribution in [0.2, 0.25) is 0 Å². The van der Waals surface area contributed by atoms with Crippen LogP contribution in [0.1, 0.15) is 31.7 Å². The molecule has 8 heteroatoms. The van der Waals surface area contributed by atoms with Gasteiger partial charge in [-0.1, -0.05) is 35.0 Å². The summed E-state index contributed by atoms with van der Waals surface area (Å²) in [6, 6.07) is 11.1. The van der Waals surface area contributed by atoms with Gasteiger partial charge in [0.05, 0.1) is 23.7 Å². The van der Waals surface area contributed by atoms with Crippen molar-refractivity contribution >= 4 is 53.5 Å². The molecule has 0 N–H and O–H groups in total. The van der Waals surface area contributed by atoms with Gasteiger partial charge in [0, 0.05) is 28.8 Å². The number of aryl methyl sites for hydroxylation is 1.